The summed E-state index contributed by atoms with van der Waals surface area (Å²) in [7, 11) is 0. The van der Waals surface area contributed by atoms with E-state index in [1.165, 1.54) is 12.8 Å². The van der Waals surface area contributed by atoms with Crippen LogP contribution in [0.5, 0.6) is 0 Å². The standard InChI is InChI=1S/C12H17ClIN3/c1-9-3-2-4-12(5-9,7-13)17-11-10(14)6-15-8-16-11/h6,8-9H,2-5,7H2,1H3,(H,15,16,17). The van der Waals surface area contributed by atoms with Crippen LogP contribution in [0.4, 0.5) is 5.82 Å². The van der Waals surface area contributed by atoms with E-state index in [1.807, 2.05) is 6.20 Å². The minimum absolute atomic E-state index is 0.00744. The zero-order valence-corrected chi connectivity index (χ0v) is 12.8. The Bertz CT molecular complexity index is 388. The third kappa shape index (κ3) is 3.22. The maximum Gasteiger partial charge on any atom is 0.143 e. The molecule has 94 valence electrons. The van der Waals surface area contributed by atoms with Crippen LogP contribution in [0.1, 0.15) is 32.6 Å². The number of rotatable bonds is 3. The van der Waals surface area contributed by atoms with Gasteiger partial charge >= 0.3 is 0 Å². The van der Waals surface area contributed by atoms with Gasteiger partial charge in [0.2, 0.25) is 0 Å². The van der Waals surface area contributed by atoms with Crippen LogP contribution in [-0.4, -0.2) is 21.4 Å². The molecule has 0 saturated heterocycles. The van der Waals surface area contributed by atoms with Gasteiger partial charge in [0.25, 0.3) is 0 Å². The normalized spacial score (nSPS) is 29.0. The Morgan fingerprint density at radius 2 is 2.47 bits per heavy atom. The molecule has 3 nitrogen and oxygen atoms in total. The minimum atomic E-state index is 0.00744. The summed E-state index contributed by atoms with van der Waals surface area (Å²) in [6, 6.07) is 0. The van der Waals surface area contributed by atoms with E-state index in [0.717, 1.165) is 28.1 Å². The number of aromatic nitrogens is 2. The van der Waals surface area contributed by atoms with E-state index >= 15 is 0 Å². The van der Waals surface area contributed by atoms with E-state index in [4.69, 9.17) is 11.6 Å². The van der Waals surface area contributed by atoms with Gasteiger partial charge in [-0.05, 0) is 41.4 Å². The summed E-state index contributed by atoms with van der Waals surface area (Å²) in [6.07, 6.45) is 8.20. The molecule has 2 atom stereocenters. The van der Waals surface area contributed by atoms with Crippen molar-refractivity contribution in [2.75, 3.05) is 11.2 Å². The van der Waals surface area contributed by atoms with Crippen LogP contribution in [0.3, 0.4) is 0 Å². The lowest BCUT2D eigenvalue weighted by atomic mass is 9.77. The molecule has 1 aliphatic rings. The predicted octanol–water partition coefficient (Wildman–Crippen LogP) is 3.68. The summed E-state index contributed by atoms with van der Waals surface area (Å²) in [5.74, 6) is 2.28. The highest BCUT2D eigenvalue weighted by atomic mass is 127. The van der Waals surface area contributed by atoms with Crippen LogP contribution in [0, 0.1) is 9.49 Å². The molecule has 1 aromatic heterocycles. The number of nitrogens with zero attached hydrogens (tertiary/aromatic N) is 2. The third-order valence-corrected chi connectivity index (χ3v) is 4.70. The maximum absolute atomic E-state index is 6.20. The average Bonchev–Trinajstić information content (AvgIpc) is 2.32. The Morgan fingerprint density at radius 3 is 3.12 bits per heavy atom. The summed E-state index contributed by atoms with van der Waals surface area (Å²) < 4.78 is 1.05. The maximum atomic E-state index is 6.20. The monoisotopic (exact) mass is 365 g/mol. The molecule has 5 heteroatoms. The minimum Gasteiger partial charge on any atom is -0.362 e. The molecular formula is C12H17ClIN3. The van der Waals surface area contributed by atoms with Crippen LogP contribution in [0.25, 0.3) is 0 Å². The Labute approximate surface area is 121 Å². The van der Waals surface area contributed by atoms with Crippen molar-refractivity contribution in [3.05, 3.63) is 16.1 Å². The molecule has 1 saturated carbocycles. The molecule has 1 fully saturated rings. The molecule has 0 aliphatic heterocycles. The average molecular weight is 366 g/mol. The quantitative estimate of drug-likeness (QED) is 0.656. The molecule has 0 radical (unpaired) electrons. The molecule has 0 spiro atoms. The van der Waals surface area contributed by atoms with Crippen LogP contribution < -0.4 is 5.32 Å². The fraction of sp³-hybridized carbons (Fsp3) is 0.667. The van der Waals surface area contributed by atoms with Gasteiger partial charge in [-0.15, -0.1) is 11.6 Å². The second-order valence-corrected chi connectivity index (χ2v) is 6.39. The van der Waals surface area contributed by atoms with Crippen LogP contribution in [0.2, 0.25) is 0 Å². The molecule has 1 aliphatic carbocycles. The highest BCUT2D eigenvalue weighted by Gasteiger charge is 2.34. The van der Waals surface area contributed by atoms with Crippen molar-refractivity contribution in [1.82, 2.24) is 9.97 Å². The Morgan fingerprint density at radius 1 is 1.65 bits per heavy atom. The first-order valence-electron chi connectivity index (χ1n) is 5.95. The fourth-order valence-electron chi connectivity index (χ4n) is 2.58. The van der Waals surface area contributed by atoms with Crippen LogP contribution in [-0.2, 0) is 0 Å². The molecule has 0 amide bonds. The summed E-state index contributed by atoms with van der Waals surface area (Å²) in [6.45, 7) is 2.30. The summed E-state index contributed by atoms with van der Waals surface area (Å²) >= 11 is 8.45. The van der Waals surface area contributed by atoms with Crippen molar-refractivity contribution in [3.8, 4) is 0 Å². The van der Waals surface area contributed by atoms with Gasteiger partial charge in [-0.3, -0.25) is 0 Å². The van der Waals surface area contributed by atoms with Gasteiger partial charge in [0, 0.05) is 12.1 Å². The van der Waals surface area contributed by atoms with E-state index in [-0.39, 0.29) is 5.54 Å². The SMILES string of the molecule is CC1CCCC(CCl)(Nc2ncncc2I)C1. The van der Waals surface area contributed by atoms with Gasteiger partial charge in [-0.25, -0.2) is 9.97 Å². The highest BCUT2D eigenvalue weighted by molar-refractivity contribution is 14.1. The molecule has 0 aromatic carbocycles. The van der Waals surface area contributed by atoms with Gasteiger partial charge in [-0.1, -0.05) is 19.8 Å². The first kappa shape index (κ1) is 13.3. The van der Waals surface area contributed by atoms with E-state index in [1.54, 1.807) is 6.33 Å². The van der Waals surface area contributed by atoms with Gasteiger partial charge in [-0.2, -0.15) is 0 Å². The smallest absolute Gasteiger partial charge is 0.143 e. The van der Waals surface area contributed by atoms with Crippen molar-refractivity contribution < 1.29 is 0 Å². The predicted molar refractivity (Wildman–Crippen MR) is 79.5 cm³/mol. The zero-order valence-electron chi connectivity index (χ0n) is 9.92. The van der Waals surface area contributed by atoms with Gasteiger partial charge in [0.1, 0.15) is 12.1 Å². The lowest BCUT2D eigenvalue weighted by molar-refractivity contribution is 0.279. The van der Waals surface area contributed by atoms with Crippen molar-refractivity contribution >= 4 is 40.0 Å². The number of alkyl halides is 1. The molecule has 1 aromatic rings. The second-order valence-electron chi connectivity index (χ2n) is 4.96. The highest BCUT2D eigenvalue weighted by Crippen LogP contribution is 2.36. The Balaban J connectivity index is 2.17. The van der Waals surface area contributed by atoms with E-state index < -0.39 is 0 Å². The zero-order chi connectivity index (χ0) is 12.3. The molecule has 1 heterocycles. The van der Waals surface area contributed by atoms with Crippen LogP contribution >= 0.6 is 34.2 Å². The molecule has 2 rings (SSSR count). The van der Waals surface area contributed by atoms with E-state index in [2.05, 4.69) is 44.8 Å². The topological polar surface area (TPSA) is 37.8 Å². The van der Waals surface area contributed by atoms with Crippen molar-refractivity contribution in [1.29, 1.82) is 0 Å². The molecule has 0 bridgehead atoms. The summed E-state index contributed by atoms with van der Waals surface area (Å²) in [4.78, 5) is 8.31. The molecule has 17 heavy (non-hydrogen) atoms. The molecule has 2 unspecified atom stereocenters. The van der Waals surface area contributed by atoms with Crippen molar-refractivity contribution in [2.45, 2.75) is 38.1 Å². The number of hydrogen-bond acceptors (Lipinski definition) is 3. The number of hydrogen-bond donors (Lipinski definition) is 1. The van der Waals surface area contributed by atoms with Crippen molar-refractivity contribution in [3.63, 3.8) is 0 Å². The van der Waals surface area contributed by atoms with E-state index in [9.17, 15) is 0 Å². The fourth-order valence-corrected chi connectivity index (χ4v) is 3.33. The largest absolute Gasteiger partial charge is 0.362 e. The Kier molecular flexibility index (Phi) is 4.47. The second kappa shape index (κ2) is 5.69. The Hall–Kier alpha value is -0.100. The lowest BCUT2D eigenvalue weighted by Gasteiger charge is -2.40. The first-order valence-corrected chi connectivity index (χ1v) is 7.56. The van der Waals surface area contributed by atoms with Crippen molar-refractivity contribution in [2.24, 2.45) is 5.92 Å². The summed E-state index contributed by atoms with van der Waals surface area (Å²) in [5, 5.41) is 3.55. The van der Waals surface area contributed by atoms with E-state index in [0.29, 0.717) is 5.88 Å². The number of halogens is 2. The van der Waals surface area contributed by atoms with Crippen LogP contribution in [0.15, 0.2) is 12.5 Å². The molecular weight excluding hydrogens is 349 g/mol. The molecule has 1 N–H and O–H groups in total. The van der Waals surface area contributed by atoms with Gasteiger partial charge in [0.15, 0.2) is 0 Å². The third-order valence-electron chi connectivity index (χ3n) is 3.40. The number of nitrogens with one attached hydrogen (secondary N) is 1. The summed E-state index contributed by atoms with van der Waals surface area (Å²) in [5.41, 5.74) is 0.00744. The first-order chi connectivity index (χ1) is 8.15. The van der Waals surface area contributed by atoms with Gasteiger partial charge < -0.3 is 5.32 Å². The number of anilines is 1. The van der Waals surface area contributed by atoms with Gasteiger partial charge in [0.05, 0.1) is 9.11 Å². The lowest BCUT2D eigenvalue weighted by Crippen LogP contribution is -2.44.